The van der Waals surface area contributed by atoms with E-state index < -0.39 is 5.60 Å². The molecule has 0 aromatic carbocycles. The summed E-state index contributed by atoms with van der Waals surface area (Å²) in [5.74, 6) is 0. The molecule has 0 aliphatic carbocycles. The van der Waals surface area contributed by atoms with Crippen molar-refractivity contribution in [2.75, 3.05) is 13.1 Å². The number of β-amino-alcohol motifs (C(OH)–C–C–N with tert-alkyl or cyclic N) is 1. The highest BCUT2D eigenvalue weighted by Crippen LogP contribution is 2.26. The van der Waals surface area contributed by atoms with Gasteiger partial charge in [0.25, 0.3) is 0 Å². The van der Waals surface area contributed by atoms with E-state index in [0.29, 0.717) is 0 Å². The smallest absolute Gasteiger partial charge is 0.0900 e. The van der Waals surface area contributed by atoms with Crippen LogP contribution in [0.2, 0.25) is 0 Å². The fraction of sp³-hybridized carbons (Fsp3) is 0.727. The summed E-state index contributed by atoms with van der Waals surface area (Å²) in [5.41, 5.74) is 0.653. The molecule has 0 amide bonds. The van der Waals surface area contributed by atoms with Gasteiger partial charge in [-0.25, -0.2) is 0 Å². The first kappa shape index (κ1) is 10.6. The Morgan fingerprint density at radius 3 is 2.80 bits per heavy atom. The topological polar surface area (TPSA) is 41.3 Å². The summed E-state index contributed by atoms with van der Waals surface area (Å²) in [6.45, 7) is 4.54. The van der Waals surface area contributed by atoms with Gasteiger partial charge in [0.15, 0.2) is 0 Å². The highest BCUT2D eigenvalue weighted by Gasteiger charge is 2.39. The quantitative estimate of drug-likeness (QED) is 0.796. The van der Waals surface area contributed by atoms with Crippen LogP contribution in [-0.2, 0) is 13.6 Å². The highest BCUT2D eigenvalue weighted by atomic mass is 16.3. The number of likely N-dealkylation sites (tertiary alicyclic amines) is 1. The average molecular weight is 209 g/mol. The second-order valence-corrected chi connectivity index (χ2v) is 4.60. The lowest BCUT2D eigenvalue weighted by Crippen LogP contribution is -2.61. The molecule has 0 saturated carbocycles. The Morgan fingerprint density at radius 1 is 1.53 bits per heavy atom. The third-order valence-corrected chi connectivity index (χ3v) is 2.91. The van der Waals surface area contributed by atoms with Gasteiger partial charge in [-0.1, -0.05) is 13.3 Å². The van der Waals surface area contributed by atoms with Gasteiger partial charge >= 0.3 is 0 Å². The number of hydrogen-bond acceptors (Lipinski definition) is 3. The van der Waals surface area contributed by atoms with Crippen molar-refractivity contribution in [3.05, 3.63) is 18.0 Å². The molecule has 15 heavy (non-hydrogen) atoms. The van der Waals surface area contributed by atoms with Crippen LogP contribution in [0, 0.1) is 0 Å². The number of nitrogens with zero attached hydrogens (tertiary/aromatic N) is 3. The highest BCUT2D eigenvalue weighted by molar-refractivity contribution is 5.03. The van der Waals surface area contributed by atoms with Gasteiger partial charge in [-0.3, -0.25) is 9.58 Å². The molecule has 1 aliphatic heterocycles. The van der Waals surface area contributed by atoms with Crippen LogP contribution in [-0.4, -0.2) is 38.5 Å². The normalized spacial score (nSPS) is 20.2. The minimum absolute atomic E-state index is 0.427. The lowest BCUT2D eigenvalue weighted by atomic mass is 9.89. The molecule has 1 aromatic heterocycles. The van der Waals surface area contributed by atoms with E-state index in [4.69, 9.17) is 0 Å². The summed E-state index contributed by atoms with van der Waals surface area (Å²) in [7, 11) is 1.92. The number of aryl methyl sites for hydroxylation is 1. The van der Waals surface area contributed by atoms with Crippen LogP contribution in [0.1, 0.15) is 25.5 Å². The molecule has 1 fully saturated rings. The van der Waals surface area contributed by atoms with Crippen molar-refractivity contribution in [2.45, 2.75) is 31.9 Å². The minimum atomic E-state index is -0.427. The van der Waals surface area contributed by atoms with E-state index >= 15 is 0 Å². The average Bonchev–Trinajstić information content (AvgIpc) is 2.49. The van der Waals surface area contributed by atoms with E-state index in [2.05, 4.69) is 16.9 Å². The summed E-state index contributed by atoms with van der Waals surface area (Å²) in [6, 6.07) is 2.02. The van der Waals surface area contributed by atoms with Crippen LogP contribution < -0.4 is 0 Å². The fourth-order valence-electron chi connectivity index (χ4n) is 2.30. The second kappa shape index (κ2) is 3.94. The number of rotatable bonds is 4. The molecule has 4 heteroatoms. The summed E-state index contributed by atoms with van der Waals surface area (Å²) < 4.78 is 1.81. The van der Waals surface area contributed by atoms with Gasteiger partial charge in [0.1, 0.15) is 0 Å². The van der Waals surface area contributed by atoms with Gasteiger partial charge in [-0.2, -0.15) is 5.10 Å². The van der Waals surface area contributed by atoms with Gasteiger partial charge in [-0.05, 0) is 12.5 Å². The van der Waals surface area contributed by atoms with Crippen LogP contribution in [0.4, 0.5) is 0 Å². The summed E-state index contributed by atoms with van der Waals surface area (Å²) in [6.07, 6.45) is 3.91. The predicted octanol–water partition coefficient (Wildman–Crippen LogP) is 0.767. The van der Waals surface area contributed by atoms with Crippen molar-refractivity contribution in [1.29, 1.82) is 0 Å². The number of aromatic nitrogens is 2. The van der Waals surface area contributed by atoms with E-state index in [1.807, 2.05) is 24.0 Å². The first-order valence-corrected chi connectivity index (χ1v) is 5.54. The Morgan fingerprint density at radius 2 is 2.27 bits per heavy atom. The van der Waals surface area contributed by atoms with Crippen molar-refractivity contribution < 1.29 is 5.11 Å². The maximum Gasteiger partial charge on any atom is 0.0900 e. The summed E-state index contributed by atoms with van der Waals surface area (Å²) in [4.78, 5) is 2.23. The maximum absolute atomic E-state index is 10.00. The molecular weight excluding hydrogens is 190 g/mol. The largest absolute Gasteiger partial charge is 0.387 e. The number of aliphatic hydroxyl groups is 1. The van der Waals surface area contributed by atoms with E-state index in [0.717, 1.165) is 38.2 Å². The molecule has 2 rings (SSSR count). The molecule has 4 nitrogen and oxygen atoms in total. The van der Waals surface area contributed by atoms with Crippen LogP contribution >= 0.6 is 0 Å². The van der Waals surface area contributed by atoms with Gasteiger partial charge in [0, 0.05) is 32.9 Å². The Balaban J connectivity index is 1.80. The van der Waals surface area contributed by atoms with E-state index in [9.17, 15) is 5.11 Å². The third kappa shape index (κ3) is 2.38. The zero-order valence-corrected chi connectivity index (χ0v) is 9.48. The van der Waals surface area contributed by atoms with E-state index in [1.165, 1.54) is 0 Å². The molecular formula is C11H19N3O. The zero-order chi connectivity index (χ0) is 10.9. The SMILES string of the molecule is CCCC1(O)CN(Cc2ccn(C)n2)C1. The van der Waals surface area contributed by atoms with Gasteiger partial charge in [0.05, 0.1) is 11.3 Å². The van der Waals surface area contributed by atoms with Crippen molar-refractivity contribution >= 4 is 0 Å². The van der Waals surface area contributed by atoms with Gasteiger partial charge in [-0.15, -0.1) is 0 Å². The molecule has 0 bridgehead atoms. The minimum Gasteiger partial charge on any atom is -0.387 e. The van der Waals surface area contributed by atoms with Crippen LogP contribution in [0.3, 0.4) is 0 Å². The Bertz CT molecular complexity index is 328. The number of hydrogen-bond donors (Lipinski definition) is 1. The second-order valence-electron chi connectivity index (χ2n) is 4.60. The Hall–Kier alpha value is -0.870. The molecule has 1 saturated heterocycles. The lowest BCUT2D eigenvalue weighted by molar-refractivity contribution is -0.107. The monoisotopic (exact) mass is 209 g/mol. The summed E-state index contributed by atoms with van der Waals surface area (Å²) in [5, 5.41) is 14.3. The van der Waals surface area contributed by atoms with Gasteiger partial charge < -0.3 is 5.11 Å². The molecule has 0 unspecified atom stereocenters. The van der Waals surface area contributed by atoms with Crippen molar-refractivity contribution in [2.24, 2.45) is 7.05 Å². The third-order valence-electron chi connectivity index (χ3n) is 2.91. The van der Waals surface area contributed by atoms with E-state index in [1.54, 1.807) is 0 Å². The summed E-state index contributed by atoms with van der Waals surface area (Å²) >= 11 is 0. The molecule has 84 valence electrons. The molecule has 0 radical (unpaired) electrons. The fourth-order valence-corrected chi connectivity index (χ4v) is 2.30. The van der Waals surface area contributed by atoms with Gasteiger partial charge in [0.2, 0.25) is 0 Å². The van der Waals surface area contributed by atoms with Crippen LogP contribution in [0.5, 0.6) is 0 Å². The molecule has 1 N–H and O–H groups in total. The molecule has 0 spiro atoms. The molecule has 2 heterocycles. The Labute approximate surface area is 90.5 Å². The maximum atomic E-state index is 10.00. The molecule has 1 aromatic rings. The lowest BCUT2D eigenvalue weighted by Gasteiger charge is -2.46. The molecule has 0 atom stereocenters. The van der Waals surface area contributed by atoms with Crippen LogP contribution in [0.15, 0.2) is 12.3 Å². The first-order valence-electron chi connectivity index (χ1n) is 5.54. The van der Waals surface area contributed by atoms with Crippen molar-refractivity contribution in [1.82, 2.24) is 14.7 Å². The van der Waals surface area contributed by atoms with Crippen molar-refractivity contribution in [3.8, 4) is 0 Å². The Kier molecular flexibility index (Phi) is 2.80. The van der Waals surface area contributed by atoms with Crippen molar-refractivity contribution in [3.63, 3.8) is 0 Å². The molecule has 1 aliphatic rings. The zero-order valence-electron chi connectivity index (χ0n) is 9.48. The first-order chi connectivity index (χ1) is 7.11. The standard InChI is InChI=1S/C11H19N3O/c1-3-5-11(15)8-14(9-11)7-10-4-6-13(2)12-10/h4,6,15H,3,5,7-9H2,1-2H3. The predicted molar refractivity (Wildman–Crippen MR) is 58.3 cm³/mol. The van der Waals surface area contributed by atoms with Crippen LogP contribution in [0.25, 0.3) is 0 Å². The van der Waals surface area contributed by atoms with E-state index in [-0.39, 0.29) is 0 Å².